The SMILES string of the molecule is Cc1ccc(S(=O)(=O)N(c2ccc(F)cc2)C2CS(=O)(=O)CC2O)cc1. The lowest BCUT2D eigenvalue weighted by Gasteiger charge is -2.31. The Balaban J connectivity index is 2.14. The maximum atomic E-state index is 13.3. The first kappa shape index (κ1) is 18.8. The highest BCUT2D eigenvalue weighted by molar-refractivity contribution is 7.93. The van der Waals surface area contributed by atoms with Crippen LogP contribution >= 0.6 is 0 Å². The van der Waals surface area contributed by atoms with Crippen molar-refractivity contribution in [2.75, 3.05) is 15.8 Å². The van der Waals surface area contributed by atoms with Crippen molar-refractivity contribution in [2.45, 2.75) is 24.0 Å². The maximum absolute atomic E-state index is 13.3. The van der Waals surface area contributed by atoms with E-state index in [1.54, 1.807) is 19.1 Å². The van der Waals surface area contributed by atoms with Gasteiger partial charge in [0.1, 0.15) is 5.82 Å². The van der Waals surface area contributed by atoms with Gasteiger partial charge in [-0.15, -0.1) is 0 Å². The minimum Gasteiger partial charge on any atom is -0.390 e. The van der Waals surface area contributed by atoms with Gasteiger partial charge >= 0.3 is 0 Å². The van der Waals surface area contributed by atoms with Crippen molar-refractivity contribution in [3.63, 3.8) is 0 Å². The van der Waals surface area contributed by atoms with Crippen LogP contribution in [0.1, 0.15) is 5.56 Å². The first-order valence-corrected chi connectivity index (χ1v) is 11.1. The van der Waals surface area contributed by atoms with Gasteiger partial charge in [-0.2, -0.15) is 0 Å². The molecule has 0 saturated carbocycles. The number of anilines is 1. The van der Waals surface area contributed by atoms with Gasteiger partial charge in [-0.25, -0.2) is 21.2 Å². The summed E-state index contributed by atoms with van der Waals surface area (Å²) in [6, 6.07) is 9.56. The average molecular weight is 399 g/mol. The van der Waals surface area contributed by atoms with Gasteiger partial charge in [-0.05, 0) is 43.3 Å². The summed E-state index contributed by atoms with van der Waals surface area (Å²) in [5, 5.41) is 10.2. The van der Waals surface area contributed by atoms with Gasteiger partial charge in [0.2, 0.25) is 0 Å². The van der Waals surface area contributed by atoms with Crippen LogP contribution in [0.2, 0.25) is 0 Å². The van der Waals surface area contributed by atoms with E-state index in [0.717, 1.165) is 22.0 Å². The first-order valence-electron chi connectivity index (χ1n) is 7.85. The van der Waals surface area contributed by atoms with E-state index in [1.807, 2.05) is 0 Å². The highest BCUT2D eigenvalue weighted by atomic mass is 32.2. The van der Waals surface area contributed by atoms with Crippen molar-refractivity contribution in [3.8, 4) is 0 Å². The van der Waals surface area contributed by atoms with E-state index in [9.17, 15) is 26.3 Å². The minimum atomic E-state index is -4.16. The fourth-order valence-corrected chi connectivity index (χ4v) is 6.50. The number of halogens is 1. The molecule has 0 aliphatic carbocycles. The Morgan fingerprint density at radius 1 is 1.04 bits per heavy atom. The minimum absolute atomic E-state index is 0.0380. The molecule has 140 valence electrons. The lowest BCUT2D eigenvalue weighted by atomic mass is 10.2. The van der Waals surface area contributed by atoms with Crippen molar-refractivity contribution >= 4 is 25.5 Å². The summed E-state index contributed by atoms with van der Waals surface area (Å²) in [4.78, 5) is -0.0380. The number of sulfone groups is 1. The van der Waals surface area contributed by atoms with E-state index >= 15 is 0 Å². The number of benzene rings is 2. The molecule has 26 heavy (non-hydrogen) atoms. The second-order valence-electron chi connectivity index (χ2n) is 6.30. The fraction of sp³-hybridized carbons (Fsp3) is 0.294. The van der Waals surface area contributed by atoms with Gasteiger partial charge in [-0.1, -0.05) is 17.7 Å². The summed E-state index contributed by atoms with van der Waals surface area (Å²) < 4.78 is 64.4. The smallest absolute Gasteiger partial charge is 0.264 e. The summed E-state index contributed by atoms with van der Waals surface area (Å²) in [7, 11) is -7.75. The third kappa shape index (κ3) is 3.60. The molecule has 0 aromatic heterocycles. The summed E-state index contributed by atoms with van der Waals surface area (Å²) in [5.41, 5.74) is 0.953. The van der Waals surface area contributed by atoms with Crippen LogP contribution in [0.3, 0.4) is 0 Å². The highest BCUT2D eigenvalue weighted by Crippen LogP contribution is 2.31. The normalized spacial score (nSPS) is 22.3. The van der Waals surface area contributed by atoms with E-state index in [4.69, 9.17) is 0 Å². The van der Waals surface area contributed by atoms with Crippen molar-refractivity contribution < 1.29 is 26.3 Å². The van der Waals surface area contributed by atoms with Crippen LogP contribution in [0.5, 0.6) is 0 Å². The van der Waals surface area contributed by atoms with E-state index in [-0.39, 0.29) is 10.6 Å². The molecule has 0 amide bonds. The molecule has 1 heterocycles. The Kier molecular flexibility index (Phi) is 4.80. The molecule has 0 radical (unpaired) electrons. The number of aliphatic hydroxyl groups is 1. The van der Waals surface area contributed by atoms with Crippen molar-refractivity contribution in [3.05, 3.63) is 59.9 Å². The Bertz CT molecular complexity index is 1000. The molecule has 3 rings (SSSR count). The summed E-state index contributed by atoms with van der Waals surface area (Å²) >= 11 is 0. The molecule has 2 unspecified atom stereocenters. The molecule has 1 saturated heterocycles. The fourth-order valence-electron chi connectivity index (χ4n) is 2.95. The lowest BCUT2D eigenvalue weighted by Crippen LogP contribution is -2.47. The predicted molar refractivity (Wildman–Crippen MR) is 95.7 cm³/mol. The summed E-state index contributed by atoms with van der Waals surface area (Å²) in [6.45, 7) is 1.81. The molecule has 2 aromatic carbocycles. The van der Waals surface area contributed by atoms with Crippen LogP contribution in [0.25, 0.3) is 0 Å². The number of hydrogen-bond donors (Lipinski definition) is 1. The van der Waals surface area contributed by atoms with E-state index in [1.165, 1.54) is 24.3 Å². The van der Waals surface area contributed by atoms with Crippen LogP contribution < -0.4 is 4.31 Å². The van der Waals surface area contributed by atoms with Gasteiger partial charge in [-0.3, -0.25) is 4.31 Å². The molecule has 1 fully saturated rings. The van der Waals surface area contributed by atoms with Crippen molar-refractivity contribution in [1.82, 2.24) is 0 Å². The van der Waals surface area contributed by atoms with E-state index in [0.29, 0.717) is 0 Å². The monoisotopic (exact) mass is 399 g/mol. The number of aryl methyl sites for hydroxylation is 1. The van der Waals surface area contributed by atoms with Crippen LogP contribution in [0.15, 0.2) is 53.4 Å². The number of nitrogens with zero attached hydrogens (tertiary/aromatic N) is 1. The quantitative estimate of drug-likeness (QED) is 0.841. The molecule has 0 bridgehead atoms. The first-order chi connectivity index (χ1) is 12.1. The Hall–Kier alpha value is -1.97. The highest BCUT2D eigenvalue weighted by Gasteiger charge is 2.45. The third-order valence-corrected chi connectivity index (χ3v) is 7.82. The molecule has 9 heteroatoms. The number of sulfonamides is 1. The van der Waals surface area contributed by atoms with Gasteiger partial charge in [0, 0.05) is 0 Å². The molecule has 1 N–H and O–H groups in total. The van der Waals surface area contributed by atoms with Crippen molar-refractivity contribution in [2.24, 2.45) is 0 Å². The topological polar surface area (TPSA) is 91.8 Å². The van der Waals surface area contributed by atoms with Crippen molar-refractivity contribution in [1.29, 1.82) is 0 Å². The lowest BCUT2D eigenvalue weighted by molar-refractivity contribution is 0.184. The van der Waals surface area contributed by atoms with Crippen LogP contribution in [-0.4, -0.2) is 45.6 Å². The standard InChI is InChI=1S/C17H18FNO5S2/c1-12-2-8-15(9-3-12)26(23,24)19(14-6-4-13(18)5-7-14)16-10-25(21,22)11-17(16)20/h2-9,16-17,20H,10-11H2,1H3. The van der Waals surface area contributed by atoms with Crippen LogP contribution in [0.4, 0.5) is 10.1 Å². The molecule has 1 aliphatic heterocycles. The molecule has 6 nitrogen and oxygen atoms in total. The zero-order valence-corrected chi connectivity index (χ0v) is 15.5. The molecule has 1 aliphatic rings. The van der Waals surface area contributed by atoms with Gasteiger partial charge in [0.25, 0.3) is 10.0 Å². The zero-order chi connectivity index (χ0) is 19.1. The zero-order valence-electron chi connectivity index (χ0n) is 13.9. The van der Waals surface area contributed by atoms with Crippen LogP contribution in [0, 0.1) is 12.7 Å². The van der Waals surface area contributed by atoms with Gasteiger partial charge < -0.3 is 5.11 Å². The van der Waals surface area contributed by atoms with Gasteiger partial charge in [0.15, 0.2) is 9.84 Å². The number of rotatable bonds is 4. The number of hydrogen-bond acceptors (Lipinski definition) is 5. The Morgan fingerprint density at radius 2 is 1.62 bits per heavy atom. The number of aliphatic hydroxyl groups excluding tert-OH is 1. The Morgan fingerprint density at radius 3 is 2.12 bits per heavy atom. The molecule has 0 spiro atoms. The summed E-state index contributed by atoms with van der Waals surface area (Å²) in [6.07, 6.45) is -1.37. The van der Waals surface area contributed by atoms with Crippen LogP contribution in [-0.2, 0) is 19.9 Å². The largest absolute Gasteiger partial charge is 0.390 e. The Labute approximate surface area is 151 Å². The van der Waals surface area contributed by atoms with Gasteiger partial charge in [0.05, 0.1) is 34.2 Å². The second-order valence-corrected chi connectivity index (χ2v) is 10.3. The van der Waals surface area contributed by atoms with E-state index < -0.39 is 49.3 Å². The average Bonchev–Trinajstić information content (AvgIpc) is 2.82. The summed E-state index contributed by atoms with van der Waals surface area (Å²) in [5.74, 6) is -1.57. The third-order valence-electron chi connectivity index (χ3n) is 4.25. The molecular formula is C17H18FNO5S2. The maximum Gasteiger partial charge on any atom is 0.264 e. The molecule has 2 aromatic rings. The predicted octanol–water partition coefficient (Wildman–Crippen LogP) is 1.49. The molecular weight excluding hydrogens is 381 g/mol. The second kappa shape index (κ2) is 6.64. The molecule has 2 atom stereocenters. The van der Waals surface area contributed by atoms with E-state index in [2.05, 4.69) is 0 Å².